The summed E-state index contributed by atoms with van der Waals surface area (Å²) in [5.41, 5.74) is 12.0. The maximum absolute atomic E-state index is 12.0. The molecular formula is C24H21ClN4O. The van der Waals surface area contributed by atoms with Crippen molar-refractivity contribution in [1.29, 1.82) is 0 Å². The van der Waals surface area contributed by atoms with E-state index >= 15 is 0 Å². The van der Waals surface area contributed by atoms with E-state index in [1.54, 1.807) is 6.33 Å². The molecule has 1 amide bonds. The van der Waals surface area contributed by atoms with Crippen molar-refractivity contribution in [2.75, 3.05) is 0 Å². The normalized spacial score (nSPS) is 25.9. The summed E-state index contributed by atoms with van der Waals surface area (Å²) in [6.45, 7) is 1.96. The number of nitrogens with zero attached hydrogens (tertiary/aromatic N) is 3. The fourth-order valence-electron chi connectivity index (χ4n) is 5.43. The minimum absolute atomic E-state index is 0.265. The number of benzene rings is 2. The summed E-state index contributed by atoms with van der Waals surface area (Å²) < 4.78 is 1.96. The van der Waals surface area contributed by atoms with E-state index in [1.165, 1.54) is 24.8 Å². The number of hydrogen-bond acceptors (Lipinski definition) is 3. The number of carbonyl (C=O) groups is 1. The second kappa shape index (κ2) is 6.05. The molecule has 2 aromatic carbocycles. The van der Waals surface area contributed by atoms with Crippen LogP contribution < -0.4 is 5.73 Å². The summed E-state index contributed by atoms with van der Waals surface area (Å²) in [6.07, 6.45) is 5.52. The molecule has 0 radical (unpaired) electrons. The second-order valence-corrected chi connectivity index (χ2v) is 9.24. The highest BCUT2D eigenvalue weighted by Gasteiger charge is 2.57. The molecule has 1 aromatic heterocycles. The fraction of sp³-hybridized carbons (Fsp3) is 0.292. The maximum atomic E-state index is 12.0. The van der Waals surface area contributed by atoms with Crippen molar-refractivity contribution in [3.63, 3.8) is 0 Å². The van der Waals surface area contributed by atoms with Crippen molar-refractivity contribution in [2.45, 2.75) is 37.6 Å². The first-order valence-corrected chi connectivity index (χ1v) is 10.7. The molecule has 30 heavy (non-hydrogen) atoms. The Hall–Kier alpha value is -2.92. The zero-order chi connectivity index (χ0) is 20.6. The Kier molecular flexibility index (Phi) is 3.61. The van der Waals surface area contributed by atoms with Crippen molar-refractivity contribution in [2.24, 2.45) is 16.6 Å². The molecular weight excluding hydrogens is 396 g/mol. The van der Waals surface area contributed by atoms with Crippen molar-refractivity contribution < 1.29 is 4.79 Å². The molecule has 2 N–H and O–H groups in total. The van der Waals surface area contributed by atoms with E-state index in [9.17, 15) is 4.79 Å². The third-order valence-corrected chi connectivity index (χ3v) is 7.38. The molecule has 3 saturated carbocycles. The quantitative estimate of drug-likeness (QED) is 0.678. The van der Waals surface area contributed by atoms with Crippen LogP contribution in [0.3, 0.4) is 0 Å². The molecule has 4 aliphatic rings. The number of primary amides is 1. The molecule has 6 heteroatoms. The van der Waals surface area contributed by atoms with Gasteiger partial charge in [0.25, 0.3) is 5.91 Å². The molecule has 150 valence electrons. The van der Waals surface area contributed by atoms with Crippen LogP contribution in [0.15, 0.2) is 53.8 Å². The summed E-state index contributed by atoms with van der Waals surface area (Å²) in [4.78, 5) is 21.4. The Labute approximate surface area is 179 Å². The number of hydrogen-bond donors (Lipinski definition) is 1. The Balaban J connectivity index is 1.63. The lowest BCUT2D eigenvalue weighted by atomic mass is 9.42. The number of imidazole rings is 1. The smallest absolute Gasteiger partial charge is 0.269 e. The second-order valence-electron chi connectivity index (χ2n) is 8.84. The predicted molar refractivity (Wildman–Crippen MR) is 117 cm³/mol. The van der Waals surface area contributed by atoms with E-state index in [0.29, 0.717) is 16.1 Å². The van der Waals surface area contributed by atoms with Gasteiger partial charge < -0.3 is 5.73 Å². The summed E-state index contributed by atoms with van der Waals surface area (Å²) in [5.74, 6) is 0.359. The van der Waals surface area contributed by atoms with Crippen LogP contribution in [0.2, 0.25) is 5.02 Å². The molecule has 2 bridgehead atoms. The zero-order valence-corrected chi connectivity index (χ0v) is 17.4. The van der Waals surface area contributed by atoms with Crippen LogP contribution in [0.25, 0.3) is 5.69 Å². The first kappa shape index (κ1) is 17.9. The van der Waals surface area contributed by atoms with Gasteiger partial charge in [-0.25, -0.2) is 4.98 Å². The molecule has 0 spiro atoms. The van der Waals surface area contributed by atoms with Crippen LogP contribution >= 0.6 is 11.6 Å². The maximum Gasteiger partial charge on any atom is 0.269 e. The molecule has 3 aromatic rings. The molecule has 3 aliphatic carbocycles. The van der Waals surface area contributed by atoms with Gasteiger partial charge in [0.1, 0.15) is 6.33 Å². The summed E-state index contributed by atoms with van der Waals surface area (Å²) in [7, 11) is 0. The molecule has 0 unspecified atom stereocenters. The largest absolute Gasteiger partial charge is 0.364 e. The number of fused-ring (bicyclic) bond motifs is 3. The SMILES string of the molecule is C[C@@H]1N=C(c2ccccc2Cl)c2cc(C34CC(C3)C4)ccc2-n2cnc(C(N)=O)c21. The van der Waals surface area contributed by atoms with Crippen LogP contribution in [0.1, 0.15) is 65.1 Å². The van der Waals surface area contributed by atoms with Crippen LogP contribution in [0.4, 0.5) is 0 Å². The van der Waals surface area contributed by atoms with Gasteiger partial charge >= 0.3 is 0 Å². The Morgan fingerprint density at radius 3 is 2.60 bits per heavy atom. The molecule has 5 nitrogen and oxygen atoms in total. The highest BCUT2D eigenvalue weighted by atomic mass is 35.5. The standard InChI is InChI=1S/C24H21ClN4O/c1-13-22-21(23(26)30)27-12-29(22)19-7-6-15(24-9-14(10-24)11-24)8-17(19)20(28-13)16-4-2-3-5-18(16)25/h2-8,12-14H,9-11H2,1H3,(H2,26,30)/t13-,14?,24?/m0/s1. The first-order chi connectivity index (χ1) is 14.5. The molecule has 2 heterocycles. The molecule has 7 rings (SSSR count). The summed E-state index contributed by atoms with van der Waals surface area (Å²) in [6, 6.07) is 14.1. The highest BCUT2D eigenvalue weighted by Crippen LogP contribution is 2.65. The van der Waals surface area contributed by atoms with Crippen molar-refractivity contribution in [3.05, 3.63) is 81.9 Å². The van der Waals surface area contributed by atoms with Crippen LogP contribution in [0, 0.1) is 5.92 Å². The van der Waals surface area contributed by atoms with E-state index in [2.05, 4.69) is 23.2 Å². The van der Waals surface area contributed by atoms with Gasteiger partial charge in [-0.3, -0.25) is 14.4 Å². The average Bonchev–Trinajstić information content (AvgIpc) is 3.05. The van der Waals surface area contributed by atoms with Crippen LogP contribution in [-0.2, 0) is 5.41 Å². The van der Waals surface area contributed by atoms with Gasteiger partial charge in [-0.05, 0) is 61.3 Å². The molecule has 0 saturated heterocycles. The van der Waals surface area contributed by atoms with Gasteiger partial charge in [-0.2, -0.15) is 0 Å². The van der Waals surface area contributed by atoms with Gasteiger partial charge in [0.2, 0.25) is 0 Å². The van der Waals surface area contributed by atoms with Gasteiger partial charge in [0.05, 0.1) is 23.1 Å². The monoisotopic (exact) mass is 416 g/mol. The number of halogens is 1. The third kappa shape index (κ3) is 2.33. The number of rotatable bonds is 3. The molecule has 1 aliphatic heterocycles. The number of carbonyl (C=O) groups excluding carboxylic acids is 1. The molecule has 3 fully saturated rings. The topological polar surface area (TPSA) is 73.3 Å². The van der Waals surface area contributed by atoms with E-state index in [-0.39, 0.29) is 11.7 Å². The minimum Gasteiger partial charge on any atom is -0.364 e. The Morgan fingerprint density at radius 1 is 1.17 bits per heavy atom. The van der Waals surface area contributed by atoms with Crippen LogP contribution in [0.5, 0.6) is 0 Å². The van der Waals surface area contributed by atoms with Gasteiger partial charge in [-0.1, -0.05) is 35.9 Å². The van der Waals surface area contributed by atoms with Crippen molar-refractivity contribution >= 4 is 23.2 Å². The number of amides is 1. The minimum atomic E-state index is -0.543. The molecule has 1 atom stereocenters. The van der Waals surface area contributed by atoms with Gasteiger partial charge in [0, 0.05) is 16.1 Å². The van der Waals surface area contributed by atoms with E-state index in [0.717, 1.165) is 28.4 Å². The van der Waals surface area contributed by atoms with Gasteiger partial charge in [0.15, 0.2) is 5.69 Å². The highest BCUT2D eigenvalue weighted by molar-refractivity contribution is 6.35. The predicted octanol–water partition coefficient (Wildman–Crippen LogP) is 4.59. The number of nitrogens with two attached hydrogens (primary N) is 1. The number of aliphatic imine (C=N–C) groups is 1. The third-order valence-electron chi connectivity index (χ3n) is 7.05. The first-order valence-electron chi connectivity index (χ1n) is 10.3. The summed E-state index contributed by atoms with van der Waals surface area (Å²) in [5, 5.41) is 0.658. The Bertz CT molecular complexity index is 1240. The van der Waals surface area contributed by atoms with Crippen molar-refractivity contribution in [3.8, 4) is 5.69 Å². The van der Waals surface area contributed by atoms with E-state index < -0.39 is 5.91 Å². The lowest BCUT2D eigenvalue weighted by Gasteiger charge is -2.62. The lowest BCUT2D eigenvalue weighted by Crippen LogP contribution is -2.55. The zero-order valence-electron chi connectivity index (χ0n) is 16.6. The van der Waals surface area contributed by atoms with E-state index in [4.69, 9.17) is 22.3 Å². The van der Waals surface area contributed by atoms with Gasteiger partial charge in [-0.15, -0.1) is 0 Å². The average molecular weight is 417 g/mol. The van der Waals surface area contributed by atoms with Crippen molar-refractivity contribution in [1.82, 2.24) is 9.55 Å². The lowest BCUT2D eigenvalue weighted by molar-refractivity contribution is -0.0274. The summed E-state index contributed by atoms with van der Waals surface area (Å²) >= 11 is 6.59. The van der Waals surface area contributed by atoms with E-state index in [1.807, 2.05) is 35.8 Å². The Morgan fingerprint density at radius 2 is 1.93 bits per heavy atom. The number of aromatic nitrogens is 2. The van der Waals surface area contributed by atoms with Crippen LogP contribution in [-0.4, -0.2) is 21.2 Å². The fourth-order valence-corrected chi connectivity index (χ4v) is 5.65.